The summed E-state index contributed by atoms with van der Waals surface area (Å²) in [5.41, 5.74) is 1.48. The van der Waals surface area contributed by atoms with Crippen molar-refractivity contribution in [3.63, 3.8) is 0 Å². The number of halogens is 1. The van der Waals surface area contributed by atoms with Gasteiger partial charge in [-0.3, -0.25) is 9.59 Å². The van der Waals surface area contributed by atoms with E-state index in [1.807, 2.05) is 20.8 Å². The van der Waals surface area contributed by atoms with Crippen molar-refractivity contribution in [1.29, 1.82) is 0 Å². The second-order valence-corrected chi connectivity index (χ2v) is 5.10. The molecule has 0 atom stereocenters. The molecule has 4 nitrogen and oxygen atoms in total. The van der Waals surface area contributed by atoms with Gasteiger partial charge in [-0.05, 0) is 37.5 Å². The first kappa shape index (κ1) is 16.5. The average Bonchev–Trinajstić information content (AvgIpc) is 2.43. The summed E-state index contributed by atoms with van der Waals surface area (Å²) < 4.78 is 0. The number of nitrogens with one attached hydrogen (secondary N) is 2. The second kappa shape index (κ2) is 7.90. The first-order valence-electron chi connectivity index (χ1n) is 6.82. The third kappa shape index (κ3) is 4.53. The number of carbonyl (C=O) groups excluding carboxylic acids is 2. The molecular weight excluding hydrogens is 276 g/mol. The van der Waals surface area contributed by atoms with Gasteiger partial charge < -0.3 is 10.6 Å². The van der Waals surface area contributed by atoms with Crippen LogP contribution in [0.3, 0.4) is 0 Å². The molecule has 1 rings (SSSR count). The third-order valence-corrected chi connectivity index (χ3v) is 3.73. The van der Waals surface area contributed by atoms with E-state index >= 15 is 0 Å². The fraction of sp³-hybridized carbons (Fsp3) is 0.467. The Morgan fingerprint density at radius 2 is 1.90 bits per heavy atom. The standard InChI is InChI=1S/C15H21ClN2O2/c1-4-11(5-2)15(20)17-9-14(19)18-13-8-6-7-12(16)10(13)3/h6-8,11H,4-5,9H2,1-3H3,(H,17,20)(H,18,19). The minimum atomic E-state index is -0.255. The van der Waals surface area contributed by atoms with E-state index in [-0.39, 0.29) is 24.3 Å². The van der Waals surface area contributed by atoms with Crippen molar-refractivity contribution in [3.8, 4) is 0 Å². The van der Waals surface area contributed by atoms with Crippen LogP contribution in [-0.4, -0.2) is 18.4 Å². The number of anilines is 1. The van der Waals surface area contributed by atoms with Crippen LogP contribution < -0.4 is 10.6 Å². The zero-order chi connectivity index (χ0) is 15.1. The molecule has 20 heavy (non-hydrogen) atoms. The highest BCUT2D eigenvalue weighted by Crippen LogP contribution is 2.22. The normalized spacial score (nSPS) is 10.4. The summed E-state index contributed by atoms with van der Waals surface area (Å²) in [5, 5.41) is 6.00. The van der Waals surface area contributed by atoms with Gasteiger partial charge in [0.15, 0.2) is 0 Å². The Morgan fingerprint density at radius 1 is 1.25 bits per heavy atom. The summed E-state index contributed by atoms with van der Waals surface area (Å²) >= 11 is 5.98. The predicted molar refractivity (Wildman–Crippen MR) is 81.9 cm³/mol. The Labute approximate surface area is 124 Å². The van der Waals surface area contributed by atoms with Crippen LogP contribution >= 0.6 is 11.6 Å². The van der Waals surface area contributed by atoms with E-state index in [2.05, 4.69) is 10.6 Å². The first-order valence-corrected chi connectivity index (χ1v) is 7.20. The summed E-state index contributed by atoms with van der Waals surface area (Å²) in [6.07, 6.45) is 1.55. The van der Waals surface area contributed by atoms with Crippen molar-refractivity contribution in [2.75, 3.05) is 11.9 Å². The van der Waals surface area contributed by atoms with E-state index in [9.17, 15) is 9.59 Å². The highest BCUT2D eigenvalue weighted by Gasteiger charge is 2.15. The van der Waals surface area contributed by atoms with E-state index in [4.69, 9.17) is 11.6 Å². The van der Waals surface area contributed by atoms with E-state index in [1.165, 1.54) is 0 Å². The molecule has 0 aliphatic heterocycles. The van der Waals surface area contributed by atoms with Gasteiger partial charge in [-0.2, -0.15) is 0 Å². The van der Waals surface area contributed by atoms with E-state index in [1.54, 1.807) is 18.2 Å². The van der Waals surface area contributed by atoms with Crippen LogP contribution in [0.5, 0.6) is 0 Å². The quantitative estimate of drug-likeness (QED) is 0.847. The van der Waals surface area contributed by atoms with Crippen molar-refractivity contribution in [3.05, 3.63) is 28.8 Å². The second-order valence-electron chi connectivity index (χ2n) is 4.69. The molecule has 0 heterocycles. The lowest BCUT2D eigenvalue weighted by atomic mass is 10.0. The number of rotatable bonds is 6. The molecule has 0 radical (unpaired) electrons. The molecule has 0 aliphatic rings. The third-order valence-electron chi connectivity index (χ3n) is 3.32. The predicted octanol–water partition coefficient (Wildman–Crippen LogP) is 3.14. The highest BCUT2D eigenvalue weighted by atomic mass is 35.5. The molecule has 0 unspecified atom stereocenters. The number of hydrogen-bond donors (Lipinski definition) is 2. The number of benzene rings is 1. The summed E-state index contributed by atoms with van der Waals surface area (Å²) in [5.74, 6) is -0.363. The maximum Gasteiger partial charge on any atom is 0.243 e. The lowest BCUT2D eigenvalue weighted by Gasteiger charge is -2.13. The molecule has 2 amide bonds. The fourth-order valence-electron chi connectivity index (χ4n) is 1.91. The number of carbonyl (C=O) groups is 2. The van der Waals surface area contributed by atoms with Crippen molar-refractivity contribution in [2.45, 2.75) is 33.6 Å². The van der Waals surface area contributed by atoms with Crippen molar-refractivity contribution in [2.24, 2.45) is 5.92 Å². The Hall–Kier alpha value is -1.55. The molecule has 0 saturated carbocycles. The average molecular weight is 297 g/mol. The van der Waals surface area contributed by atoms with Gasteiger partial charge in [-0.25, -0.2) is 0 Å². The largest absolute Gasteiger partial charge is 0.347 e. The summed E-state index contributed by atoms with van der Waals surface area (Å²) in [6, 6.07) is 5.32. The van der Waals surface area contributed by atoms with Gasteiger partial charge in [0.2, 0.25) is 11.8 Å². The maximum atomic E-state index is 11.8. The lowest BCUT2D eigenvalue weighted by molar-refractivity contribution is -0.127. The minimum absolute atomic E-state index is 0.0265. The van der Waals surface area contributed by atoms with Gasteiger partial charge in [0, 0.05) is 16.6 Å². The van der Waals surface area contributed by atoms with Crippen LogP contribution in [0.25, 0.3) is 0 Å². The molecule has 1 aromatic rings. The molecule has 0 fully saturated rings. The Morgan fingerprint density at radius 3 is 2.50 bits per heavy atom. The van der Waals surface area contributed by atoms with Crippen molar-refractivity contribution < 1.29 is 9.59 Å². The monoisotopic (exact) mass is 296 g/mol. The number of hydrogen-bond acceptors (Lipinski definition) is 2. The molecule has 0 spiro atoms. The zero-order valence-electron chi connectivity index (χ0n) is 12.1. The Bertz CT molecular complexity index is 485. The van der Waals surface area contributed by atoms with Crippen LogP contribution in [0, 0.1) is 12.8 Å². The van der Waals surface area contributed by atoms with Gasteiger partial charge in [0.25, 0.3) is 0 Å². The minimum Gasteiger partial charge on any atom is -0.347 e. The molecule has 2 N–H and O–H groups in total. The van der Waals surface area contributed by atoms with Crippen molar-refractivity contribution >= 4 is 29.1 Å². The molecule has 1 aromatic carbocycles. The van der Waals surface area contributed by atoms with E-state index in [0.717, 1.165) is 18.4 Å². The number of amides is 2. The van der Waals surface area contributed by atoms with Gasteiger partial charge in [0.1, 0.15) is 0 Å². The summed E-state index contributed by atoms with van der Waals surface area (Å²) in [7, 11) is 0. The SMILES string of the molecule is CCC(CC)C(=O)NCC(=O)Nc1cccc(Cl)c1C. The topological polar surface area (TPSA) is 58.2 Å². The molecule has 0 aliphatic carbocycles. The molecule has 0 aromatic heterocycles. The van der Waals surface area contributed by atoms with Gasteiger partial charge in [0.05, 0.1) is 6.54 Å². The van der Waals surface area contributed by atoms with Gasteiger partial charge >= 0.3 is 0 Å². The fourth-order valence-corrected chi connectivity index (χ4v) is 2.08. The van der Waals surface area contributed by atoms with E-state index < -0.39 is 0 Å². The first-order chi connectivity index (χ1) is 9.49. The zero-order valence-corrected chi connectivity index (χ0v) is 12.9. The Balaban J connectivity index is 2.52. The summed E-state index contributed by atoms with van der Waals surface area (Å²) in [4.78, 5) is 23.6. The lowest BCUT2D eigenvalue weighted by Crippen LogP contribution is -2.36. The maximum absolute atomic E-state index is 11.8. The molecule has 110 valence electrons. The van der Waals surface area contributed by atoms with E-state index in [0.29, 0.717) is 10.7 Å². The van der Waals surface area contributed by atoms with Crippen LogP contribution in [0.1, 0.15) is 32.3 Å². The molecule has 0 bridgehead atoms. The van der Waals surface area contributed by atoms with Gasteiger partial charge in [-0.1, -0.05) is 31.5 Å². The van der Waals surface area contributed by atoms with Gasteiger partial charge in [-0.15, -0.1) is 0 Å². The molecular formula is C15H21ClN2O2. The molecule has 5 heteroatoms. The Kier molecular flexibility index (Phi) is 6.52. The van der Waals surface area contributed by atoms with Crippen molar-refractivity contribution in [1.82, 2.24) is 5.32 Å². The smallest absolute Gasteiger partial charge is 0.243 e. The summed E-state index contributed by atoms with van der Waals surface area (Å²) in [6.45, 7) is 5.73. The van der Waals surface area contributed by atoms with Crippen LogP contribution in [0.2, 0.25) is 5.02 Å². The molecule has 0 saturated heterocycles. The van der Waals surface area contributed by atoms with Crippen LogP contribution in [-0.2, 0) is 9.59 Å². The van der Waals surface area contributed by atoms with Crippen LogP contribution in [0.4, 0.5) is 5.69 Å². The highest BCUT2D eigenvalue weighted by molar-refractivity contribution is 6.31. The van der Waals surface area contributed by atoms with Crippen LogP contribution in [0.15, 0.2) is 18.2 Å².